The van der Waals surface area contributed by atoms with E-state index in [9.17, 15) is 4.55 Å². The van der Waals surface area contributed by atoms with Crippen molar-refractivity contribution in [2.24, 2.45) is 4.40 Å². The van der Waals surface area contributed by atoms with E-state index in [-0.39, 0.29) is 4.75 Å². The standard InChI is InChI=1S/C14H21NOS/c1-5-9-13(12-10-7-6-8-11-12)15-17(16)14(2,3)4/h6-8,10-11H,5,9H2,1-4H3/b15-13+. The number of nitrogens with zero attached hydrogens (tertiary/aromatic N) is 1. The van der Waals surface area contributed by atoms with Crippen LogP contribution in [0.3, 0.4) is 0 Å². The molecule has 1 atom stereocenters. The van der Waals surface area contributed by atoms with Gasteiger partial charge in [0.25, 0.3) is 0 Å². The molecule has 17 heavy (non-hydrogen) atoms. The Morgan fingerprint density at radius 3 is 2.29 bits per heavy atom. The highest BCUT2D eigenvalue weighted by Crippen LogP contribution is 2.19. The lowest BCUT2D eigenvalue weighted by molar-refractivity contribution is 0.561. The molecule has 2 nitrogen and oxygen atoms in total. The van der Waals surface area contributed by atoms with Crippen LogP contribution in [0.25, 0.3) is 0 Å². The van der Waals surface area contributed by atoms with Crippen LogP contribution >= 0.6 is 0 Å². The second kappa shape index (κ2) is 6.22. The molecule has 1 aromatic carbocycles. The summed E-state index contributed by atoms with van der Waals surface area (Å²) < 4.78 is 16.1. The molecular weight excluding hydrogens is 230 g/mol. The lowest BCUT2D eigenvalue weighted by atomic mass is 10.1. The summed E-state index contributed by atoms with van der Waals surface area (Å²) >= 11 is -1.18. The summed E-state index contributed by atoms with van der Waals surface area (Å²) in [7, 11) is 0. The first-order chi connectivity index (χ1) is 7.95. The van der Waals surface area contributed by atoms with Crippen LogP contribution in [0.15, 0.2) is 34.7 Å². The van der Waals surface area contributed by atoms with E-state index in [1.54, 1.807) is 0 Å². The van der Waals surface area contributed by atoms with Crippen molar-refractivity contribution >= 4 is 17.1 Å². The van der Waals surface area contributed by atoms with E-state index in [2.05, 4.69) is 11.3 Å². The van der Waals surface area contributed by atoms with Crippen molar-refractivity contribution in [2.45, 2.75) is 45.3 Å². The van der Waals surface area contributed by atoms with Gasteiger partial charge in [-0.3, -0.25) is 0 Å². The molecule has 0 heterocycles. The maximum absolute atomic E-state index is 12.0. The Bertz CT molecular complexity index is 368. The van der Waals surface area contributed by atoms with Crippen LogP contribution in [0, 0.1) is 0 Å². The minimum atomic E-state index is -1.18. The number of hydrogen-bond acceptors (Lipinski definition) is 2. The predicted octanol–water partition coefficient (Wildman–Crippen LogP) is 3.74. The molecule has 0 saturated heterocycles. The second-order valence-electron chi connectivity index (χ2n) is 5.02. The van der Waals surface area contributed by atoms with Gasteiger partial charge in [0.1, 0.15) is 16.1 Å². The van der Waals surface area contributed by atoms with Crippen LogP contribution in [-0.4, -0.2) is 15.0 Å². The smallest absolute Gasteiger partial charge is 0.144 e. The molecule has 0 saturated carbocycles. The van der Waals surface area contributed by atoms with Gasteiger partial charge in [0.15, 0.2) is 0 Å². The van der Waals surface area contributed by atoms with E-state index in [0.717, 1.165) is 24.1 Å². The summed E-state index contributed by atoms with van der Waals surface area (Å²) in [5.74, 6) is 0. The Morgan fingerprint density at radius 2 is 1.82 bits per heavy atom. The normalized spacial score (nSPS) is 14.8. The summed E-state index contributed by atoms with van der Waals surface area (Å²) in [6.45, 7) is 7.95. The third kappa shape index (κ3) is 4.52. The van der Waals surface area contributed by atoms with Crippen molar-refractivity contribution < 1.29 is 4.55 Å². The van der Waals surface area contributed by atoms with Crippen LogP contribution in [0.5, 0.6) is 0 Å². The first kappa shape index (κ1) is 14.3. The van der Waals surface area contributed by atoms with Crippen molar-refractivity contribution in [1.82, 2.24) is 0 Å². The number of benzene rings is 1. The van der Waals surface area contributed by atoms with Gasteiger partial charge in [-0.05, 0) is 27.2 Å². The van der Waals surface area contributed by atoms with Crippen molar-refractivity contribution in [3.63, 3.8) is 0 Å². The van der Waals surface area contributed by atoms with E-state index in [1.807, 2.05) is 51.1 Å². The average Bonchev–Trinajstić information content (AvgIpc) is 2.28. The Hall–Kier alpha value is -0.800. The predicted molar refractivity (Wildman–Crippen MR) is 75.8 cm³/mol. The highest BCUT2D eigenvalue weighted by atomic mass is 32.2. The average molecular weight is 251 g/mol. The van der Waals surface area contributed by atoms with Crippen LogP contribution in [-0.2, 0) is 11.4 Å². The van der Waals surface area contributed by atoms with Gasteiger partial charge >= 0.3 is 0 Å². The van der Waals surface area contributed by atoms with Crippen LogP contribution in [0.4, 0.5) is 0 Å². The van der Waals surface area contributed by atoms with E-state index in [4.69, 9.17) is 0 Å². The molecule has 0 aliphatic rings. The van der Waals surface area contributed by atoms with E-state index in [1.165, 1.54) is 0 Å². The topological polar surface area (TPSA) is 35.4 Å². The fraction of sp³-hybridized carbons (Fsp3) is 0.500. The van der Waals surface area contributed by atoms with E-state index < -0.39 is 11.4 Å². The molecule has 0 bridgehead atoms. The molecule has 0 amide bonds. The molecule has 1 unspecified atom stereocenters. The minimum Gasteiger partial charge on any atom is -0.591 e. The highest BCUT2D eigenvalue weighted by molar-refractivity contribution is 7.91. The Kier molecular flexibility index (Phi) is 5.22. The molecular formula is C14H21NOS. The lowest BCUT2D eigenvalue weighted by Gasteiger charge is -2.19. The van der Waals surface area contributed by atoms with Crippen molar-refractivity contribution in [1.29, 1.82) is 0 Å². The maximum atomic E-state index is 12.0. The largest absolute Gasteiger partial charge is 0.591 e. The van der Waals surface area contributed by atoms with E-state index in [0.29, 0.717) is 0 Å². The van der Waals surface area contributed by atoms with Gasteiger partial charge in [-0.15, -0.1) is 0 Å². The van der Waals surface area contributed by atoms with Crippen LogP contribution in [0.2, 0.25) is 0 Å². The second-order valence-corrected chi connectivity index (χ2v) is 6.92. The van der Waals surface area contributed by atoms with Gasteiger partial charge in [0, 0.05) is 5.56 Å². The summed E-state index contributed by atoms with van der Waals surface area (Å²) in [6.07, 6.45) is 1.88. The van der Waals surface area contributed by atoms with Gasteiger partial charge in [-0.2, -0.15) is 0 Å². The first-order valence-corrected chi connectivity index (χ1v) is 7.11. The Morgan fingerprint density at radius 1 is 1.24 bits per heavy atom. The summed E-state index contributed by atoms with van der Waals surface area (Å²) in [5.41, 5.74) is 2.02. The number of hydrogen-bond donors (Lipinski definition) is 0. The summed E-state index contributed by atoms with van der Waals surface area (Å²) in [6, 6.07) is 10.00. The Labute approximate surface area is 107 Å². The zero-order valence-electron chi connectivity index (χ0n) is 11.1. The molecule has 0 spiro atoms. The molecule has 94 valence electrons. The molecule has 0 radical (unpaired) electrons. The molecule has 3 heteroatoms. The monoisotopic (exact) mass is 251 g/mol. The third-order valence-electron chi connectivity index (χ3n) is 2.31. The van der Waals surface area contributed by atoms with E-state index >= 15 is 0 Å². The van der Waals surface area contributed by atoms with Gasteiger partial charge in [-0.25, -0.2) is 0 Å². The maximum Gasteiger partial charge on any atom is 0.144 e. The van der Waals surface area contributed by atoms with Crippen molar-refractivity contribution in [3.8, 4) is 0 Å². The Balaban J connectivity index is 2.98. The van der Waals surface area contributed by atoms with Crippen molar-refractivity contribution in [3.05, 3.63) is 35.9 Å². The van der Waals surface area contributed by atoms with Crippen LogP contribution < -0.4 is 0 Å². The van der Waals surface area contributed by atoms with Crippen LogP contribution in [0.1, 0.15) is 46.1 Å². The zero-order valence-corrected chi connectivity index (χ0v) is 11.9. The fourth-order valence-electron chi connectivity index (χ4n) is 1.35. The molecule has 0 N–H and O–H groups in total. The summed E-state index contributed by atoms with van der Waals surface area (Å²) in [4.78, 5) is 0. The molecule has 1 rings (SSSR count). The number of rotatable bonds is 4. The quantitative estimate of drug-likeness (QED) is 0.593. The zero-order chi connectivity index (χ0) is 12.9. The summed E-state index contributed by atoms with van der Waals surface area (Å²) in [5, 5.41) is 0. The van der Waals surface area contributed by atoms with Gasteiger partial charge in [0.2, 0.25) is 0 Å². The molecule has 1 aromatic rings. The third-order valence-corrected chi connectivity index (χ3v) is 3.74. The van der Waals surface area contributed by atoms with Gasteiger partial charge < -0.3 is 4.55 Å². The minimum absolute atomic E-state index is 0.298. The molecule has 0 aliphatic carbocycles. The van der Waals surface area contributed by atoms with Crippen molar-refractivity contribution in [2.75, 3.05) is 0 Å². The van der Waals surface area contributed by atoms with Gasteiger partial charge in [0.05, 0.1) is 5.71 Å². The molecule has 0 fully saturated rings. The molecule has 0 aliphatic heterocycles. The fourth-order valence-corrected chi connectivity index (χ4v) is 2.02. The highest BCUT2D eigenvalue weighted by Gasteiger charge is 2.27. The first-order valence-electron chi connectivity index (χ1n) is 6.00. The lowest BCUT2D eigenvalue weighted by Crippen LogP contribution is -2.27. The SMILES string of the molecule is CCC/C(=N\[S+]([O-])C(C)(C)C)c1ccccc1. The van der Waals surface area contributed by atoms with Gasteiger partial charge in [-0.1, -0.05) is 48.1 Å². The molecule has 0 aromatic heterocycles.